The highest BCUT2D eigenvalue weighted by Gasteiger charge is 2.41. The molecule has 0 fully saturated rings. The van der Waals surface area contributed by atoms with Crippen LogP contribution in [0.25, 0.3) is 0 Å². The van der Waals surface area contributed by atoms with Crippen LogP contribution in [0.2, 0.25) is 0 Å². The SMILES string of the molecule is CCC(C)NC(=O)C(C)N(Cc1ccccc1F)C(=O)CCN1C(=O)c2ccccc2S1(=O)=O. The van der Waals surface area contributed by atoms with Crippen LogP contribution < -0.4 is 5.32 Å². The van der Waals surface area contributed by atoms with Crippen molar-refractivity contribution in [2.45, 2.75) is 57.1 Å². The first kappa shape index (κ1) is 25.4. The van der Waals surface area contributed by atoms with Gasteiger partial charge in [0.15, 0.2) is 0 Å². The van der Waals surface area contributed by atoms with Crippen LogP contribution in [0.5, 0.6) is 0 Å². The molecule has 0 saturated carbocycles. The van der Waals surface area contributed by atoms with Crippen LogP contribution in [-0.2, 0) is 26.2 Å². The summed E-state index contributed by atoms with van der Waals surface area (Å²) in [5, 5.41) is 2.81. The Labute approximate surface area is 198 Å². The van der Waals surface area contributed by atoms with E-state index in [1.807, 2.05) is 13.8 Å². The van der Waals surface area contributed by atoms with Gasteiger partial charge in [0, 0.05) is 31.1 Å². The molecule has 1 aliphatic rings. The lowest BCUT2D eigenvalue weighted by Gasteiger charge is -2.30. The molecule has 1 aliphatic heterocycles. The number of halogens is 1. The van der Waals surface area contributed by atoms with Crippen molar-refractivity contribution in [3.63, 3.8) is 0 Å². The Morgan fingerprint density at radius 1 is 1.09 bits per heavy atom. The molecular weight excluding hydrogens is 461 g/mol. The van der Waals surface area contributed by atoms with Gasteiger partial charge in [-0.15, -0.1) is 0 Å². The van der Waals surface area contributed by atoms with Gasteiger partial charge in [-0.05, 0) is 38.5 Å². The van der Waals surface area contributed by atoms with Gasteiger partial charge >= 0.3 is 0 Å². The molecule has 0 radical (unpaired) electrons. The van der Waals surface area contributed by atoms with E-state index >= 15 is 0 Å². The van der Waals surface area contributed by atoms with Gasteiger partial charge in [-0.1, -0.05) is 37.3 Å². The van der Waals surface area contributed by atoms with E-state index < -0.39 is 39.6 Å². The van der Waals surface area contributed by atoms with Crippen LogP contribution >= 0.6 is 0 Å². The van der Waals surface area contributed by atoms with Crippen LogP contribution in [0, 0.1) is 5.82 Å². The lowest BCUT2D eigenvalue weighted by atomic mass is 10.1. The molecule has 1 N–H and O–H groups in total. The fourth-order valence-electron chi connectivity index (χ4n) is 3.65. The maximum atomic E-state index is 14.3. The average molecular weight is 490 g/mol. The summed E-state index contributed by atoms with van der Waals surface area (Å²) >= 11 is 0. The summed E-state index contributed by atoms with van der Waals surface area (Å²) in [6, 6.07) is 10.7. The van der Waals surface area contributed by atoms with Crippen molar-refractivity contribution in [2.75, 3.05) is 6.54 Å². The zero-order valence-corrected chi connectivity index (χ0v) is 20.1. The second-order valence-electron chi connectivity index (χ2n) is 8.24. The summed E-state index contributed by atoms with van der Waals surface area (Å²) < 4.78 is 40.5. The Morgan fingerprint density at radius 2 is 1.74 bits per heavy atom. The van der Waals surface area contributed by atoms with Crippen molar-refractivity contribution in [3.05, 3.63) is 65.5 Å². The van der Waals surface area contributed by atoms with Crippen molar-refractivity contribution in [1.82, 2.24) is 14.5 Å². The number of fused-ring (bicyclic) bond motifs is 1. The topological polar surface area (TPSA) is 104 Å². The number of hydrogen-bond acceptors (Lipinski definition) is 5. The highest BCUT2D eigenvalue weighted by molar-refractivity contribution is 7.90. The molecular formula is C24H28FN3O5S. The fraction of sp³-hybridized carbons (Fsp3) is 0.375. The molecule has 0 bridgehead atoms. The highest BCUT2D eigenvalue weighted by Crippen LogP contribution is 2.30. The number of carbonyl (C=O) groups excluding carboxylic acids is 3. The van der Waals surface area contributed by atoms with E-state index in [0.717, 1.165) is 0 Å². The monoisotopic (exact) mass is 489 g/mol. The Hall–Kier alpha value is -3.27. The first-order chi connectivity index (χ1) is 16.1. The molecule has 2 atom stereocenters. The van der Waals surface area contributed by atoms with E-state index in [9.17, 15) is 27.2 Å². The third kappa shape index (κ3) is 5.11. The summed E-state index contributed by atoms with van der Waals surface area (Å²) in [6.45, 7) is 4.70. The molecule has 2 aromatic carbocycles. The minimum Gasteiger partial charge on any atom is -0.352 e. The molecule has 0 aliphatic carbocycles. The zero-order valence-electron chi connectivity index (χ0n) is 19.3. The third-order valence-electron chi connectivity index (χ3n) is 5.91. The third-order valence-corrected chi connectivity index (χ3v) is 7.75. The molecule has 0 aromatic heterocycles. The second-order valence-corrected chi connectivity index (χ2v) is 10.1. The largest absolute Gasteiger partial charge is 0.352 e. The van der Waals surface area contributed by atoms with Crippen LogP contribution in [0.3, 0.4) is 0 Å². The maximum absolute atomic E-state index is 14.3. The van der Waals surface area contributed by atoms with Crippen LogP contribution in [0.15, 0.2) is 53.4 Å². The molecule has 3 amide bonds. The van der Waals surface area contributed by atoms with Gasteiger partial charge < -0.3 is 10.2 Å². The summed E-state index contributed by atoms with van der Waals surface area (Å²) in [5.41, 5.74) is 0.274. The molecule has 34 heavy (non-hydrogen) atoms. The van der Waals surface area contributed by atoms with Crippen LogP contribution in [-0.4, -0.2) is 54.0 Å². The molecule has 0 spiro atoms. The molecule has 1 heterocycles. The van der Waals surface area contributed by atoms with Gasteiger partial charge in [0.25, 0.3) is 15.9 Å². The first-order valence-electron chi connectivity index (χ1n) is 11.1. The standard InChI is InChI=1S/C24H28FN3O5S/c1-4-16(2)26-23(30)17(3)27(15-18-9-5-7-11-20(18)25)22(29)13-14-28-24(31)19-10-6-8-12-21(19)34(28,32)33/h5-12,16-17H,4,13-15H2,1-3H3,(H,26,30). The summed E-state index contributed by atoms with van der Waals surface area (Å²) in [7, 11) is -4.06. The summed E-state index contributed by atoms with van der Waals surface area (Å²) in [5.74, 6) is -2.21. The number of amides is 3. The van der Waals surface area contributed by atoms with E-state index in [4.69, 9.17) is 0 Å². The normalized spacial score (nSPS) is 16.0. The fourth-order valence-corrected chi connectivity index (χ4v) is 5.22. The predicted molar refractivity (Wildman–Crippen MR) is 124 cm³/mol. The number of rotatable bonds is 9. The molecule has 2 unspecified atom stereocenters. The van der Waals surface area contributed by atoms with Gasteiger partial charge in [0.2, 0.25) is 11.8 Å². The number of nitrogens with zero attached hydrogens (tertiary/aromatic N) is 2. The van der Waals surface area contributed by atoms with E-state index in [-0.39, 0.29) is 41.6 Å². The molecule has 2 aromatic rings. The lowest BCUT2D eigenvalue weighted by Crippen LogP contribution is -2.50. The molecule has 182 valence electrons. The average Bonchev–Trinajstić information content (AvgIpc) is 3.01. The highest BCUT2D eigenvalue weighted by atomic mass is 32.2. The summed E-state index contributed by atoms with van der Waals surface area (Å²) in [4.78, 5) is 39.7. The van der Waals surface area contributed by atoms with Crippen LogP contribution in [0.4, 0.5) is 4.39 Å². The van der Waals surface area contributed by atoms with E-state index in [1.54, 1.807) is 12.1 Å². The van der Waals surface area contributed by atoms with E-state index in [1.165, 1.54) is 48.2 Å². The predicted octanol–water partition coefficient (Wildman–Crippen LogP) is 2.69. The smallest absolute Gasteiger partial charge is 0.269 e. The molecule has 3 rings (SSSR count). The van der Waals surface area contributed by atoms with E-state index in [2.05, 4.69) is 5.32 Å². The zero-order chi connectivity index (χ0) is 25.0. The Balaban J connectivity index is 1.80. The Bertz CT molecular complexity index is 1200. The van der Waals surface area contributed by atoms with Crippen molar-refractivity contribution in [1.29, 1.82) is 0 Å². The lowest BCUT2D eigenvalue weighted by molar-refractivity contribution is -0.141. The van der Waals surface area contributed by atoms with E-state index in [0.29, 0.717) is 10.7 Å². The first-order valence-corrected chi connectivity index (χ1v) is 12.5. The van der Waals surface area contributed by atoms with Gasteiger partial charge in [0.1, 0.15) is 16.8 Å². The van der Waals surface area contributed by atoms with Gasteiger partial charge in [-0.3, -0.25) is 14.4 Å². The number of carbonyl (C=O) groups is 3. The molecule has 0 saturated heterocycles. The van der Waals surface area contributed by atoms with Crippen LogP contribution in [0.1, 0.15) is 49.5 Å². The minimum absolute atomic E-state index is 0.0551. The number of benzene rings is 2. The van der Waals surface area contributed by atoms with Crippen molar-refractivity contribution >= 4 is 27.7 Å². The minimum atomic E-state index is -4.06. The van der Waals surface area contributed by atoms with Crippen molar-refractivity contribution in [3.8, 4) is 0 Å². The number of nitrogens with one attached hydrogen (secondary N) is 1. The molecule has 8 nitrogen and oxygen atoms in total. The number of sulfonamides is 1. The second kappa shape index (κ2) is 10.3. The quantitative estimate of drug-likeness (QED) is 0.583. The van der Waals surface area contributed by atoms with Crippen molar-refractivity contribution < 1.29 is 27.2 Å². The Morgan fingerprint density at radius 3 is 2.38 bits per heavy atom. The van der Waals surface area contributed by atoms with Gasteiger partial charge in [0.05, 0.1) is 5.56 Å². The maximum Gasteiger partial charge on any atom is 0.269 e. The molecule has 10 heteroatoms. The summed E-state index contributed by atoms with van der Waals surface area (Å²) in [6.07, 6.45) is 0.337. The number of hydrogen-bond donors (Lipinski definition) is 1. The van der Waals surface area contributed by atoms with Gasteiger partial charge in [-0.25, -0.2) is 17.1 Å². The van der Waals surface area contributed by atoms with Gasteiger partial charge in [-0.2, -0.15) is 0 Å². The Kier molecular flexibility index (Phi) is 7.71. The van der Waals surface area contributed by atoms with Crippen molar-refractivity contribution in [2.24, 2.45) is 0 Å².